The topological polar surface area (TPSA) is 62.2 Å². The van der Waals surface area contributed by atoms with Crippen molar-refractivity contribution in [3.8, 4) is 0 Å². The van der Waals surface area contributed by atoms with Gasteiger partial charge in [0, 0.05) is 6.04 Å². The zero-order valence-corrected chi connectivity index (χ0v) is 9.51. The Bertz CT molecular complexity index is 371. The zero-order valence-electron chi connectivity index (χ0n) is 8.00. The molecule has 0 aromatic carbocycles. The van der Waals surface area contributed by atoms with Crippen LogP contribution in [0.4, 0.5) is 0 Å². The molecule has 0 bridgehead atoms. The molecule has 0 radical (unpaired) electrons. The van der Waals surface area contributed by atoms with Crippen molar-refractivity contribution in [1.29, 1.82) is 0 Å². The Labute approximate surface area is 97.2 Å². The van der Waals surface area contributed by atoms with E-state index in [4.69, 9.17) is 28.3 Å². The lowest BCUT2D eigenvalue weighted by Crippen LogP contribution is -2.35. The maximum absolute atomic E-state index is 11.6. The fourth-order valence-corrected chi connectivity index (χ4v) is 1.36. The number of hydrogen-bond acceptors (Lipinski definition) is 3. The van der Waals surface area contributed by atoms with Gasteiger partial charge in [0.15, 0.2) is 0 Å². The van der Waals surface area contributed by atoms with Crippen molar-refractivity contribution in [3.63, 3.8) is 0 Å². The van der Waals surface area contributed by atoms with Crippen LogP contribution in [-0.2, 0) is 0 Å². The van der Waals surface area contributed by atoms with Gasteiger partial charge in [0.2, 0.25) is 0 Å². The van der Waals surface area contributed by atoms with Crippen LogP contribution in [0.1, 0.15) is 17.3 Å². The van der Waals surface area contributed by atoms with Crippen molar-refractivity contribution in [2.45, 2.75) is 13.0 Å². The monoisotopic (exact) mass is 248 g/mol. The lowest BCUT2D eigenvalue weighted by molar-refractivity contribution is 0.0922. The molecule has 0 aliphatic rings. The summed E-state index contributed by atoms with van der Waals surface area (Å²) in [5.41, 5.74) is 0.237. The quantitative estimate of drug-likeness (QED) is 0.798. The summed E-state index contributed by atoms with van der Waals surface area (Å²) in [6.45, 7) is 1.54. The Balaban J connectivity index is 2.82. The summed E-state index contributed by atoms with van der Waals surface area (Å²) in [6.07, 6.45) is 0. The first kappa shape index (κ1) is 12.2. The third-order valence-electron chi connectivity index (χ3n) is 1.71. The molecular formula is C9H10Cl2N2O2. The molecule has 0 saturated heterocycles. The number of hydrogen-bond donors (Lipinski definition) is 2. The molecule has 2 N–H and O–H groups in total. The van der Waals surface area contributed by atoms with Gasteiger partial charge in [0.25, 0.3) is 5.91 Å². The SMILES string of the molecule is CC(CO)NC(=O)c1ccc(Cl)nc1Cl. The number of nitrogens with zero attached hydrogens (tertiary/aromatic N) is 1. The standard InChI is InChI=1S/C9H10Cl2N2O2/c1-5(4-14)12-9(15)6-2-3-7(10)13-8(6)11/h2-3,5,14H,4H2,1H3,(H,12,15). The number of aromatic nitrogens is 1. The molecule has 4 nitrogen and oxygen atoms in total. The van der Waals surface area contributed by atoms with E-state index in [1.54, 1.807) is 6.92 Å². The van der Waals surface area contributed by atoms with E-state index in [9.17, 15) is 4.79 Å². The normalized spacial score (nSPS) is 12.3. The summed E-state index contributed by atoms with van der Waals surface area (Å²) in [5, 5.41) is 11.6. The Morgan fingerprint density at radius 3 is 2.80 bits per heavy atom. The van der Waals surface area contributed by atoms with Crippen LogP contribution in [0.5, 0.6) is 0 Å². The van der Waals surface area contributed by atoms with Crippen molar-refractivity contribution in [1.82, 2.24) is 10.3 Å². The average molecular weight is 249 g/mol. The van der Waals surface area contributed by atoms with Gasteiger partial charge in [-0.3, -0.25) is 4.79 Å². The van der Waals surface area contributed by atoms with E-state index in [1.807, 2.05) is 0 Å². The molecule has 1 atom stereocenters. The van der Waals surface area contributed by atoms with Crippen LogP contribution in [0.15, 0.2) is 12.1 Å². The minimum atomic E-state index is -0.384. The van der Waals surface area contributed by atoms with Crippen LogP contribution in [-0.4, -0.2) is 28.6 Å². The van der Waals surface area contributed by atoms with Crippen molar-refractivity contribution in [3.05, 3.63) is 28.0 Å². The fourth-order valence-electron chi connectivity index (χ4n) is 0.929. The number of carbonyl (C=O) groups is 1. The third kappa shape index (κ3) is 3.34. The van der Waals surface area contributed by atoms with Gasteiger partial charge in [-0.1, -0.05) is 23.2 Å². The first-order valence-electron chi connectivity index (χ1n) is 4.28. The van der Waals surface area contributed by atoms with Crippen molar-refractivity contribution >= 4 is 29.1 Å². The molecule has 6 heteroatoms. The van der Waals surface area contributed by atoms with E-state index < -0.39 is 0 Å². The second-order valence-corrected chi connectivity index (χ2v) is 3.77. The zero-order chi connectivity index (χ0) is 11.4. The maximum atomic E-state index is 11.6. The van der Waals surface area contributed by atoms with Crippen LogP contribution < -0.4 is 5.32 Å². The van der Waals surface area contributed by atoms with Crippen LogP contribution in [0, 0.1) is 0 Å². The van der Waals surface area contributed by atoms with Crippen LogP contribution >= 0.6 is 23.2 Å². The molecule has 82 valence electrons. The van der Waals surface area contributed by atoms with E-state index in [0.29, 0.717) is 0 Å². The van der Waals surface area contributed by atoms with E-state index in [2.05, 4.69) is 10.3 Å². The number of carbonyl (C=O) groups excluding carboxylic acids is 1. The lowest BCUT2D eigenvalue weighted by atomic mass is 10.2. The minimum absolute atomic E-state index is 0.0464. The van der Waals surface area contributed by atoms with E-state index >= 15 is 0 Å². The van der Waals surface area contributed by atoms with Gasteiger partial charge in [-0.2, -0.15) is 0 Å². The first-order valence-corrected chi connectivity index (χ1v) is 5.04. The summed E-state index contributed by atoms with van der Waals surface area (Å²) in [5.74, 6) is -0.384. The van der Waals surface area contributed by atoms with Gasteiger partial charge in [-0.25, -0.2) is 4.98 Å². The van der Waals surface area contributed by atoms with Crippen molar-refractivity contribution in [2.75, 3.05) is 6.61 Å². The van der Waals surface area contributed by atoms with Gasteiger partial charge in [-0.05, 0) is 19.1 Å². The summed E-state index contributed by atoms with van der Waals surface area (Å²) in [4.78, 5) is 15.3. The number of aliphatic hydroxyl groups is 1. The van der Waals surface area contributed by atoms with E-state index in [-0.39, 0.29) is 34.4 Å². The number of halogens is 2. The highest BCUT2D eigenvalue weighted by atomic mass is 35.5. The lowest BCUT2D eigenvalue weighted by Gasteiger charge is -2.11. The highest BCUT2D eigenvalue weighted by Crippen LogP contribution is 2.16. The highest BCUT2D eigenvalue weighted by molar-refractivity contribution is 6.34. The molecule has 1 unspecified atom stereocenters. The van der Waals surface area contributed by atoms with Crippen molar-refractivity contribution < 1.29 is 9.90 Å². The fraction of sp³-hybridized carbons (Fsp3) is 0.333. The molecule has 0 fully saturated rings. The van der Waals surface area contributed by atoms with Crippen LogP contribution in [0.25, 0.3) is 0 Å². The predicted molar refractivity (Wildman–Crippen MR) is 58.3 cm³/mol. The van der Waals surface area contributed by atoms with E-state index in [1.165, 1.54) is 12.1 Å². The average Bonchev–Trinajstić information content (AvgIpc) is 2.17. The number of amides is 1. The van der Waals surface area contributed by atoms with Crippen molar-refractivity contribution in [2.24, 2.45) is 0 Å². The number of rotatable bonds is 3. The Morgan fingerprint density at radius 2 is 2.27 bits per heavy atom. The molecule has 1 aromatic rings. The predicted octanol–water partition coefficient (Wildman–Crippen LogP) is 1.50. The van der Waals surface area contributed by atoms with Gasteiger partial charge >= 0.3 is 0 Å². The summed E-state index contributed by atoms with van der Waals surface area (Å²) >= 11 is 11.3. The molecule has 1 aromatic heterocycles. The van der Waals surface area contributed by atoms with Crippen LogP contribution in [0.2, 0.25) is 10.3 Å². The summed E-state index contributed by atoms with van der Waals surface area (Å²) in [7, 11) is 0. The second kappa shape index (κ2) is 5.30. The second-order valence-electron chi connectivity index (χ2n) is 3.03. The summed E-state index contributed by atoms with van der Waals surface area (Å²) in [6, 6.07) is 2.63. The maximum Gasteiger partial charge on any atom is 0.254 e. The minimum Gasteiger partial charge on any atom is -0.394 e. The molecule has 15 heavy (non-hydrogen) atoms. The van der Waals surface area contributed by atoms with Gasteiger partial charge in [-0.15, -0.1) is 0 Å². The number of aliphatic hydroxyl groups excluding tert-OH is 1. The number of nitrogens with one attached hydrogen (secondary N) is 1. The Kier molecular flexibility index (Phi) is 4.32. The Hall–Kier alpha value is -0.840. The van der Waals surface area contributed by atoms with E-state index in [0.717, 1.165) is 0 Å². The highest BCUT2D eigenvalue weighted by Gasteiger charge is 2.13. The molecule has 0 saturated carbocycles. The molecule has 0 aliphatic carbocycles. The third-order valence-corrected chi connectivity index (χ3v) is 2.21. The van der Waals surface area contributed by atoms with Gasteiger partial charge in [0.05, 0.1) is 12.2 Å². The molecule has 1 heterocycles. The van der Waals surface area contributed by atoms with Crippen LogP contribution in [0.3, 0.4) is 0 Å². The first-order chi connectivity index (χ1) is 7.04. The molecule has 1 amide bonds. The molecule has 1 rings (SSSR count). The molecule has 0 spiro atoms. The smallest absolute Gasteiger partial charge is 0.254 e. The van der Waals surface area contributed by atoms with Gasteiger partial charge in [0.1, 0.15) is 10.3 Å². The largest absolute Gasteiger partial charge is 0.394 e. The van der Waals surface area contributed by atoms with Gasteiger partial charge < -0.3 is 10.4 Å². The number of pyridine rings is 1. The Morgan fingerprint density at radius 1 is 1.60 bits per heavy atom. The molecular weight excluding hydrogens is 239 g/mol. The molecule has 0 aliphatic heterocycles. The summed E-state index contributed by atoms with van der Waals surface area (Å²) < 4.78 is 0.